The number of hydrogen-bond acceptors (Lipinski definition) is 8. The SMILES string of the molecule is C#CCOc1nc(Nc2cccc(C(=O)OC)c2NCCO)ncc1Br. The predicted octanol–water partition coefficient (Wildman–Crippen LogP) is 2.19. The van der Waals surface area contributed by atoms with Gasteiger partial charge in [-0.1, -0.05) is 12.0 Å². The maximum absolute atomic E-state index is 12.0. The third-order valence-corrected chi connectivity index (χ3v) is 3.68. The van der Waals surface area contributed by atoms with Crippen LogP contribution in [0.15, 0.2) is 28.9 Å². The largest absolute Gasteiger partial charge is 0.465 e. The number of anilines is 3. The van der Waals surface area contributed by atoms with Crippen LogP contribution in [0.5, 0.6) is 5.88 Å². The van der Waals surface area contributed by atoms with Crippen LogP contribution in [0.4, 0.5) is 17.3 Å². The van der Waals surface area contributed by atoms with Gasteiger partial charge >= 0.3 is 5.97 Å². The van der Waals surface area contributed by atoms with Crippen molar-refractivity contribution in [2.45, 2.75) is 0 Å². The quantitative estimate of drug-likeness (QED) is 0.440. The van der Waals surface area contributed by atoms with E-state index in [1.807, 2.05) is 0 Å². The second kappa shape index (κ2) is 9.60. The first kappa shape index (κ1) is 19.5. The Morgan fingerprint density at radius 1 is 1.46 bits per heavy atom. The minimum atomic E-state index is -0.510. The fraction of sp³-hybridized carbons (Fsp3) is 0.235. The van der Waals surface area contributed by atoms with Crippen LogP contribution in [0.1, 0.15) is 10.4 Å². The highest BCUT2D eigenvalue weighted by molar-refractivity contribution is 9.10. The van der Waals surface area contributed by atoms with Crippen molar-refractivity contribution in [3.63, 3.8) is 0 Å². The van der Waals surface area contributed by atoms with Crippen molar-refractivity contribution in [2.75, 3.05) is 37.5 Å². The summed E-state index contributed by atoms with van der Waals surface area (Å²) < 4.78 is 10.7. The molecule has 26 heavy (non-hydrogen) atoms. The number of aliphatic hydroxyl groups is 1. The van der Waals surface area contributed by atoms with E-state index >= 15 is 0 Å². The molecule has 0 atom stereocenters. The minimum Gasteiger partial charge on any atom is -0.465 e. The van der Waals surface area contributed by atoms with E-state index in [0.29, 0.717) is 21.4 Å². The highest BCUT2D eigenvalue weighted by atomic mass is 79.9. The lowest BCUT2D eigenvalue weighted by molar-refractivity contribution is 0.0602. The molecule has 0 aliphatic heterocycles. The number of carbonyl (C=O) groups is 1. The van der Waals surface area contributed by atoms with Gasteiger partial charge in [-0.3, -0.25) is 0 Å². The number of para-hydroxylation sites is 1. The van der Waals surface area contributed by atoms with Gasteiger partial charge in [0.15, 0.2) is 6.61 Å². The fourth-order valence-electron chi connectivity index (χ4n) is 2.05. The highest BCUT2D eigenvalue weighted by Crippen LogP contribution is 2.30. The number of terminal acetylenes is 1. The number of esters is 1. The number of methoxy groups -OCH3 is 1. The Bertz CT molecular complexity index is 823. The van der Waals surface area contributed by atoms with Gasteiger partial charge in [-0.2, -0.15) is 4.98 Å². The molecular formula is C17H17BrN4O4. The molecule has 9 heteroatoms. The Labute approximate surface area is 159 Å². The van der Waals surface area contributed by atoms with Crippen molar-refractivity contribution in [1.29, 1.82) is 0 Å². The van der Waals surface area contributed by atoms with E-state index < -0.39 is 5.97 Å². The molecule has 0 aliphatic rings. The molecule has 8 nitrogen and oxygen atoms in total. The molecule has 0 aliphatic carbocycles. The number of hydrogen-bond donors (Lipinski definition) is 3. The molecule has 2 aromatic rings. The van der Waals surface area contributed by atoms with E-state index in [4.69, 9.17) is 21.0 Å². The summed E-state index contributed by atoms with van der Waals surface area (Å²) in [5.41, 5.74) is 1.31. The van der Waals surface area contributed by atoms with Crippen molar-refractivity contribution < 1.29 is 19.4 Å². The van der Waals surface area contributed by atoms with E-state index in [9.17, 15) is 4.79 Å². The topological polar surface area (TPSA) is 106 Å². The third-order valence-electron chi connectivity index (χ3n) is 3.13. The highest BCUT2D eigenvalue weighted by Gasteiger charge is 2.16. The number of benzene rings is 1. The van der Waals surface area contributed by atoms with Crippen molar-refractivity contribution in [3.05, 3.63) is 34.4 Å². The Kier molecular flexibility index (Phi) is 7.20. The molecule has 1 aromatic carbocycles. The van der Waals surface area contributed by atoms with E-state index in [1.54, 1.807) is 18.2 Å². The van der Waals surface area contributed by atoms with Gasteiger partial charge in [0.2, 0.25) is 11.8 Å². The summed E-state index contributed by atoms with van der Waals surface area (Å²) in [6.45, 7) is 0.213. The maximum atomic E-state index is 12.0. The summed E-state index contributed by atoms with van der Waals surface area (Å²) in [6.07, 6.45) is 6.71. The van der Waals surface area contributed by atoms with Crippen LogP contribution in [-0.4, -0.2) is 47.9 Å². The zero-order chi connectivity index (χ0) is 18.9. The molecule has 136 valence electrons. The van der Waals surface area contributed by atoms with Gasteiger partial charge < -0.3 is 25.2 Å². The van der Waals surface area contributed by atoms with Gasteiger partial charge in [-0.05, 0) is 28.1 Å². The standard InChI is InChI=1S/C17H17BrN4O4/c1-3-9-26-15-12(18)10-20-17(22-15)21-13-6-4-5-11(16(24)25-2)14(13)19-7-8-23/h1,4-6,10,19,23H,7-9H2,2H3,(H,20,21,22). The molecule has 0 spiro atoms. The zero-order valence-corrected chi connectivity index (χ0v) is 15.5. The lowest BCUT2D eigenvalue weighted by atomic mass is 10.1. The molecule has 2 rings (SSSR count). The summed E-state index contributed by atoms with van der Waals surface area (Å²) in [7, 11) is 1.30. The minimum absolute atomic E-state index is 0.0657. The first-order chi connectivity index (χ1) is 12.6. The number of ether oxygens (including phenoxy) is 2. The van der Waals surface area contributed by atoms with Crippen molar-refractivity contribution >= 4 is 39.2 Å². The molecule has 0 bridgehead atoms. The molecule has 0 saturated heterocycles. The number of aromatic nitrogens is 2. The second-order valence-electron chi connectivity index (χ2n) is 4.83. The molecule has 3 N–H and O–H groups in total. The van der Waals surface area contributed by atoms with E-state index in [2.05, 4.69) is 42.5 Å². The molecule has 0 fully saturated rings. The fourth-order valence-corrected chi connectivity index (χ4v) is 2.36. The van der Waals surface area contributed by atoms with Crippen LogP contribution >= 0.6 is 15.9 Å². The molecule has 0 radical (unpaired) electrons. The van der Waals surface area contributed by atoms with Crippen LogP contribution in [0.2, 0.25) is 0 Å². The summed E-state index contributed by atoms with van der Waals surface area (Å²) in [5, 5.41) is 15.1. The summed E-state index contributed by atoms with van der Waals surface area (Å²) in [4.78, 5) is 20.4. The van der Waals surface area contributed by atoms with Crippen LogP contribution < -0.4 is 15.4 Å². The van der Waals surface area contributed by atoms with Crippen molar-refractivity contribution in [1.82, 2.24) is 9.97 Å². The Hall–Kier alpha value is -2.83. The third kappa shape index (κ3) is 4.84. The van der Waals surface area contributed by atoms with E-state index in [0.717, 1.165) is 0 Å². The molecule has 1 aromatic heterocycles. The van der Waals surface area contributed by atoms with Gasteiger partial charge in [0.1, 0.15) is 0 Å². The van der Waals surface area contributed by atoms with Crippen molar-refractivity contribution in [3.8, 4) is 18.2 Å². The molecule has 0 unspecified atom stereocenters. The van der Waals surface area contributed by atoms with Crippen LogP contribution in [0, 0.1) is 12.3 Å². The Balaban J connectivity index is 2.36. The van der Waals surface area contributed by atoms with Crippen LogP contribution in [-0.2, 0) is 4.74 Å². The van der Waals surface area contributed by atoms with Gasteiger partial charge in [-0.25, -0.2) is 9.78 Å². The maximum Gasteiger partial charge on any atom is 0.340 e. The average molecular weight is 421 g/mol. The van der Waals surface area contributed by atoms with Crippen LogP contribution in [0.3, 0.4) is 0 Å². The monoisotopic (exact) mass is 420 g/mol. The Morgan fingerprint density at radius 2 is 2.27 bits per heavy atom. The summed E-state index contributed by atoms with van der Waals surface area (Å²) in [6, 6.07) is 5.04. The number of nitrogens with zero attached hydrogens (tertiary/aromatic N) is 2. The summed E-state index contributed by atoms with van der Waals surface area (Å²) >= 11 is 3.29. The smallest absolute Gasteiger partial charge is 0.340 e. The normalized spacial score (nSPS) is 9.92. The second-order valence-corrected chi connectivity index (χ2v) is 5.69. The molecule has 0 amide bonds. The first-order valence-electron chi connectivity index (χ1n) is 7.52. The lowest BCUT2D eigenvalue weighted by Gasteiger charge is -2.16. The molecule has 1 heterocycles. The van der Waals surface area contributed by atoms with E-state index in [-0.39, 0.29) is 31.6 Å². The molecule has 0 saturated carbocycles. The van der Waals surface area contributed by atoms with Crippen LogP contribution in [0.25, 0.3) is 0 Å². The molecular weight excluding hydrogens is 404 g/mol. The number of rotatable bonds is 8. The zero-order valence-electron chi connectivity index (χ0n) is 14.0. The van der Waals surface area contributed by atoms with Gasteiger partial charge in [0.05, 0.1) is 41.3 Å². The number of carbonyl (C=O) groups excluding carboxylic acids is 1. The van der Waals surface area contributed by atoms with Crippen molar-refractivity contribution in [2.24, 2.45) is 0 Å². The Morgan fingerprint density at radius 3 is 2.96 bits per heavy atom. The van der Waals surface area contributed by atoms with Gasteiger partial charge in [0, 0.05) is 6.54 Å². The number of nitrogens with one attached hydrogen (secondary N) is 2. The number of aliphatic hydroxyl groups excluding tert-OH is 1. The predicted molar refractivity (Wildman–Crippen MR) is 101 cm³/mol. The first-order valence-corrected chi connectivity index (χ1v) is 8.31. The van der Waals surface area contributed by atoms with Gasteiger partial charge in [-0.15, -0.1) is 6.42 Å². The average Bonchev–Trinajstić information content (AvgIpc) is 2.66. The lowest BCUT2D eigenvalue weighted by Crippen LogP contribution is -2.13. The summed E-state index contributed by atoms with van der Waals surface area (Å²) in [5.74, 6) is 2.38. The van der Waals surface area contributed by atoms with Gasteiger partial charge in [0.25, 0.3) is 0 Å². The number of halogens is 1. The van der Waals surface area contributed by atoms with E-state index in [1.165, 1.54) is 13.3 Å².